The van der Waals surface area contributed by atoms with Crippen molar-refractivity contribution >= 4 is 24.6 Å². The number of anilines is 1. The molecule has 2 aromatic carbocycles. The van der Waals surface area contributed by atoms with E-state index in [0.29, 0.717) is 12.1 Å². The minimum absolute atomic E-state index is 0.593. The van der Waals surface area contributed by atoms with Crippen LogP contribution in [0.4, 0.5) is 5.69 Å². The number of rotatable bonds is 9. The van der Waals surface area contributed by atoms with Crippen LogP contribution in [0.2, 0.25) is 0 Å². The highest BCUT2D eigenvalue weighted by Gasteiger charge is 2.40. The van der Waals surface area contributed by atoms with E-state index in [1.807, 2.05) is 30.5 Å². The summed E-state index contributed by atoms with van der Waals surface area (Å²) in [4.78, 5) is 2.22. The van der Waals surface area contributed by atoms with Crippen LogP contribution in [0.3, 0.4) is 0 Å². The smallest absolute Gasteiger partial charge is 0.399 e. The molecule has 0 amide bonds. The van der Waals surface area contributed by atoms with Crippen molar-refractivity contribution < 1.29 is 9.68 Å². The number of unbranched alkanes of at least 4 members (excludes halogenated alkanes) is 2. The summed E-state index contributed by atoms with van der Waals surface area (Å²) in [6.45, 7) is 2.94. The molecule has 9 heteroatoms. The lowest BCUT2D eigenvalue weighted by molar-refractivity contribution is -0.516. The van der Waals surface area contributed by atoms with Crippen LogP contribution in [-0.4, -0.2) is 54.4 Å². The van der Waals surface area contributed by atoms with E-state index in [-0.39, 0.29) is 0 Å². The zero-order valence-electron chi connectivity index (χ0n) is 23.0. The number of nitrogens with two attached hydrogens (primary N) is 1. The van der Waals surface area contributed by atoms with Gasteiger partial charge in [0.25, 0.3) is 5.84 Å². The maximum absolute atomic E-state index is 10.7. The number of nitrogens with zero attached hydrogens (tertiary/aromatic N) is 6. The number of hydrogen-bond acceptors (Lipinski definition) is 4. The first kappa shape index (κ1) is 25.9. The Balaban J connectivity index is 1.40. The molecule has 2 aliphatic heterocycles. The van der Waals surface area contributed by atoms with Crippen molar-refractivity contribution in [3.63, 3.8) is 0 Å². The first-order valence-corrected chi connectivity index (χ1v) is 13.9. The number of aliphatic hydroxyl groups is 1. The number of hydrogen-bond donors (Lipinski definition) is 2. The summed E-state index contributed by atoms with van der Waals surface area (Å²) < 4.78 is 6.14. The molecule has 0 fully saturated rings. The lowest BCUT2D eigenvalue weighted by atomic mass is 9.91. The normalized spacial score (nSPS) is 16.1. The van der Waals surface area contributed by atoms with Crippen molar-refractivity contribution in [2.75, 3.05) is 12.8 Å². The monoisotopic (exact) mass is 531 g/mol. The Kier molecular flexibility index (Phi) is 7.13. The summed E-state index contributed by atoms with van der Waals surface area (Å²) >= 11 is 0. The molecule has 0 saturated carbocycles. The molecule has 1 unspecified atom stereocenters. The van der Waals surface area contributed by atoms with E-state index in [1.54, 1.807) is 4.68 Å². The Morgan fingerprint density at radius 1 is 1.00 bits per heavy atom. The Hall–Kier alpha value is -4.37. The van der Waals surface area contributed by atoms with Crippen LogP contribution in [0.5, 0.6) is 0 Å². The van der Waals surface area contributed by atoms with Crippen LogP contribution >= 0.6 is 0 Å². The predicted molar refractivity (Wildman–Crippen MR) is 159 cm³/mol. The van der Waals surface area contributed by atoms with Gasteiger partial charge in [-0.15, -0.1) is 5.10 Å². The quantitative estimate of drug-likeness (QED) is 0.143. The van der Waals surface area contributed by atoms with Gasteiger partial charge in [0.1, 0.15) is 23.8 Å². The Morgan fingerprint density at radius 3 is 2.58 bits per heavy atom. The largest absolute Gasteiger partial charge is 0.553 e. The lowest BCUT2D eigenvalue weighted by Gasteiger charge is -2.26. The fraction of sp³-hybridized carbons (Fsp3) is 0.258. The molecule has 6 rings (SSSR count). The highest BCUT2D eigenvalue weighted by Crippen LogP contribution is 2.37. The molecule has 0 spiro atoms. The second-order valence-corrected chi connectivity index (χ2v) is 10.4. The van der Waals surface area contributed by atoms with Crippen LogP contribution in [0.1, 0.15) is 61.2 Å². The summed E-state index contributed by atoms with van der Waals surface area (Å²) in [5.74, 6) is 1.92. The van der Waals surface area contributed by atoms with Gasteiger partial charge < -0.3 is 15.3 Å². The highest BCUT2D eigenvalue weighted by atomic mass is 16.3. The number of fused-ring (bicyclic) bond motifs is 2. The van der Waals surface area contributed by atoms with E-state index in [2.05, 4.69) is 100 Å². The van der Waals surface area contributed by atoms with Gasteiger partial charge in [0, 0.05) is 23.0 Å². The number of nitrogen functional groups attached to an aromatic ring is 1. The maximum atomic E-state index is 10.7. The third kappa shape index (κ3) is 4.88. The summed E-state index contributed by atoms with van der Waals surface area (Å²) in [5, 5.41) is 19.4. The van der Waals surface area contributed by atoms with Gasteiger partial charge in [-0.2, -0.15) is 0 Å². The van der Waals surface area contributed by atoms with Gasteiger partial charge in [0.05, 0.1) is 19.3 Å². The van der Waals surface area contributed by atoms with E-state index in [9.17, 15) is 5.11 Å². The van der Waals surface area contributed by atoms with Crippen LogP contribution in [0.15, 0.2) is 90.8 Å². The topological polar surface area (TPSA) is 88.1 Å². The lowest BCUT2D eigenvalue weighted by Crippen LogP contribution is -2.41. The van der Waals surface area contributed by atoms with Gasteiger partial charge >= 0.3 is 7.55 Å². The van der Waals surface area contributed by atoms with Crippen molar-refractivity contribution in [2.24, 2.45) is 0 Å². The van der Waals surface area contributed by atoms with Crippen molar-refractivity contribution in [2.45, 2.75) is 45.3 Å². The van der Waals surface area contributed by atoms with Gasteiger partial charge in [-0.25, -0.2) is 4.68 Å². The standard InChI is InChI=1S/C31H33BN7O/c1-3-4-6-11-28(40)25-21-37(35-34-25)30-19-17-27-31(23-12-14-24(33)15-13-23)26-16-18-29(38(26)32-39(27)30)36(2)20-22-9-7-5-8-10-22/h5,7-10,12-19,21,28,33,40H,3-4,6,11,20H2,1-2H3/p+1. The molecule has 1 atom stereocenters. The molecule has 2 aromatic heterocycles. The first-order valence-electron chi connectivity index (χ1n) is 13.9. The van der Waals surface area contributed by atoms with E-state index in [4.69, 9.17) is 5.73 Å². The first-order chi connectivity index (χ1) is 19.5. The molecule has 0 saturated heterocycles. The summed E-state index contributed by atoms with van der Waals surface area (Å²) in [5.41, 5.74) is 12.9. The second kappa shape index (κ2) is 11.0. The van der Waals surface area contributed by atoms with Crippen molar-refractivity contribution in [3.05, 3.63) is 113 Å². The average Bonchev–Trinajstić information content (AvgIpc) is 3.71. The van der Waals surface area contributed by atoms with Gasteiger partial charge in [0.2, 0.25) is 0 Å². The Morgan fingerprint density at radius 2 is 1.80 bits per heavy atom. The van der Waals surface area contributed by atoms with E-state index >= 15 is 0 Å². The van der Waals surface area contributed by atoms with E-state index in [1.165, 1.54) is 5.56 Å². The molecular weight excluding hydrogens is 497 g/mol. The minimum atomic E-state index is -0.619. The number of amidine groups is 1. The average molecular weight is 531 g/mol. The summed E-state index contributed by atoms with van der Waals surface area (Å²) in [7, 11) is 4.22. The molecule has 3 N–H and O–H groups in total. The number of benzene rings is 2. The number of aliphatic hydroxyl groups excluding tert-OH is 1. The molecule has 0 bridgehead atoms. The highest BCUT2D eigenvalue weighted by molar-refractivity contribution is 6.40. The summed E-state index contributed by atoms with van der Waals surface area (Å²) in [6, 6.07) is 22.6. The fourth-order valence-corrected chi connectivity index (χ4v) is 5.43. The fourth-order valence-electron chi connectivity index (χ4n) is 5.43. The third-order valence-corrected chi connectivity index (χ3v) is 7.56. The summed E-state index contributed by atoms with van der Waals surface area (Å²) in [6.07, 6.45) is 9.42. The second-order valence-electron chi connectivity index (χ2n) is 10.4. The molecule has 0 aliphatic carbocycles. The van der Waals surface area contributed by atoms with Crippen molar-refractivity contribution in [1.82, 2.24) is 24.3 Å². The van der Waals surface area contributed by atoms with Crippen LogP contribution in [-0.2, 0) is 6.54 Å². The predicted octanol–water partition coefficient (Wildman–Crippen LogP) is 4.53. The molecule has 201 valence electrons. The molecule has 4 heterocycles. The van der Waals surface area contributed by atoms with Gasteiger partial charge in [-0.1, -0.05) is 73.9 Å². The molecule has 1 radical (unpaired) electrons. The number of allylic oxidation sites excluding steroid dienone is 1. The SMILES string of the molecule is CCCCCC(O)c1cn(-c2ccc3n2[B]N2C(=C3c3ccc(N)cc3)C=CC2=[N+](C)Cc2ccccc2)nn1. The maximum Gasteiger partial charge on any atom is 0.553 e. The molecule has 8 nitrogen and oxygen atoms in total. The van der Waals surface area contributed by atoms with E-state index < -0.39 is 6.10 Å². The molecule has 40 heavy (non-hydrogen) atoms. The van der Waals surface area contributed by atoms with Crippen LogP contribution < -0.4 is 5.73 Å². The Labute approximate surface area is 235 Å². The molecule has 4 aromatic rings. The van der Waals surface area contributed by atoms with Gasteiger partial charge in [0.15, 0.2) is 0 Å². The van der Waals surface area contributed by atoms with Gasteiger partial charge in [-0.3, -0.25) is 9.39 Å². The van der Waals surface area contributed by atoms with Gasteiger partial charge in [-0.05, 0) is 47.9 Å². The van der Waals surface area contributed by atoms with Crippen molar-refractivity contribution in [1.29, 1.82) is 0 Å². The number of aromatic nitrogens is 4. The van der Waals surface area contributed by atoms with Crippen molar-refractivity contribution in [3.8, 4) is 5.82 Å². The molecule has 2 aliphatic rings. The van der Waals surface area contributed by atoms with E-state index in [0.717, 1.165) is 65.7 Å². The van der Waals surface area contributed by atoms with Crippen LogP contribution in [0.25, 0.3) is 11.4 Å². The third-order valence-electron chi connectivity index (χ3n) is 7.56. The van der Waals surface area contributed by atoms with Crippen LogP contribution in [0, 0.1) is 0 Å². The zero-order chi connectivity index (χ0) is 27.6. The minimum Gasteiger partial charge on any atom is -0.399 e. The molecular formula is C31H34BN7O+. The Bertz CT molecular complexity index is 1600. The zero-order valence-corrected chi connectivity index (χ0v) is 23.0.